The number of amides is 1. The summed E-state index contributed by atoms with van der Waals surface area (Å²) in [6.07, 6.45) is 1.12. The molecule has 1 amide bonds. The molecule has 0 unspecified atom stereocenters. The van der Waals surface area contributed by atoms with E-state index >= 15 is 0 Å². The van der Waals surface area contributed by atoms with Crippen molar-refractivity contribution in [3.63, 3.8) is 0 Å². The van der Waals surface area contributed by atoms with Crippen molar-refractivity contribution >= 4 is 35.2 Å². The largest absolute Gasteiger partial charge is 0.477 e. The van der Waals surface area contributed by atoms with Crippen molar-refractivity contribution in [3.05, 3.63) is 105 Å². The minimum absolute atomic E-state index is 0.0690. The number of nitro groups is 1. The molecule has 8 nitrogen and oxygen atoms in total. The molecule has 0 fully saturated rings. The van der Waals surface area contributed by atoms with Gasteiger partial charge in [-0.15, -0.1) is 0 Å². The van der Waals surface area contributed by atoms with Gasteiger partial charge >= 0.3 is 11.7 Å². The van der Waals surface area contributed by atoms with Crippen LogP contribution in [0.25, 0.3) is 6.08 Å². The standard InChI is InChI=1S/C22H15ClN2O6/c23-16-8-4-5-9-19(16)31-20-11-10-14(13-18(20)25(29)30)12-17(22(27)28)24-21(26)15-6-2-1-3-7-15/h1-13H,(H,24,26)(H,27,28)/b17-12-. The second kappa shape index (κ2) is 9.55. The number of carboxylic acid groups (broad SMARTS) is 1. The summed E-state index contributed by atoms with van der Waals surface area (Å²) in [6.45, 7) is 0. The van der Waals surface area contributed by atoms with E-state index in [9.17, 15) is 24.8 Å². The Bertz CT molecular complexity index is 1180. The van der Waals surface area contributed by atoms with E-state index < -0.39 is 28.2 Å². The van der Waals surface area contributed by atoms with Gasteiger partial charge in [0.25, 0.3) is 5.91 Å². The maximum absolute atomic E-state index is 12.3. The number of carboxylic acids is 1. The fraction of sp³-hybridized carbons (Fsp3) is 0. The van der Waals surface area contributed by atoms with Crippen molar-refractivity contribution in [2.45, 2.75) is 0 Å². The molecule has 0 aliphatic carbocycles. The van der Waals surface area contributed by atoms with E-state index in [2.05, 4.69) is 5.32 Å². The molecule has 9 heteroatoms. The van der Waals surface area contributed by atoms with Crippen LogP contribution in [0.15, 0.2) is 78.5 Å². The van der Waals surface area contributed by atoms with E-state index in [1.54, 1.807) is 42.5 Å². The number of aliphatic carboxylic acids is 1. The summed E-state index contributed by atoms with van der Waals surface area (Å²) in [6, 6.07) is 18.4. The third-order valence-corrected chi connectivity index (χ3v) is 4.37. The van der Waals surface area contributed by atoms with Crippen molar-refractivity contribution < 1.29 is 24.4 Å². The molecule has 0 saturated heterocycles. The zero-order valence-corrected chi connectivity index (χ0v) is 16.6. The Morgan fingerprint density at radius 1 is 1.00 bits per heavy atom. The Labute approximate surface area is 181 Å². The maximum atomic E-state index is 12.3. The van der Waals surface area contributed by atoms with Gasteiger partial charge in [-0.25, -0.2) is 4.79 Å². The molecule has 0 aromatic heterocycles. The monoisotopic (exact) mass is 438 g/mol. The highest BCUT2D eigenvalue weighted by molar-refractivity contribution is 6.32. The van der Waals surface area contributed by atoms with Gasteiger partial charge in [-0.3, -0.25) is 14.9 Å². The van der Waals surface area contributed by atoms with E-state index in [4.69, 9.17) is 16.3 Å². The Hall–Kier alpha value is -4.17. The molecule has 0 atom stereocenters. The van der Waals surface area contributed by atoms with Gasteiger partial charge < -0.3 is 15.2 Å². The molecule has 0 spiro atoms. The molecule has 0 aliphatic heterocycles. The third kappa shape index (κ3) is 5.46. The number of ether oxygens (including phenoxy) is 1. The summed E-state index contributed by atoms with van der Waals surface area (Å²) < 4.78 is 5.55. The van der Waals surface area contributed by atoms with E-state index in [-0.39, 0.29) is 27.6 Å². The van der Waals surface area contributed by atoms with E-state index in [0.717, 1.165) is 12.1 Å². The van der Waals surface area contributed by atoms with Crippen LogP contribution in [0.1, 0.15) is 15.9 Å². The molecule has 3 rings (SSSR count). The van der Waals surface area contributed by atoms with Gasteiger partial charge in [0.05, 0.1) is 9.95 Å². The molecule has 0 bridgehead atoms. The fourth-order valence-corrected chi connectivity index (χ4v) is 2.78. The van der Waals surface area contributed by atoms with Crippen molar-refractivity contribution in [2.24, 2.45) is 0 Å². The zero-order chi connectivity index (χ0) is 22.4. The molecule has 3 aromatic rings. The molecule has 0 radical (unpaired) electrons. The summed E-state index contributed by atoms with van der Waals surface area (Å²) in [7, 11) is 0. The highest BCUT2D eigenvalue weighted by Gasteiger charge is 2.19. The molecule has 0 aliphatic rings. The van der Waals surface area contributed by atoms with Crippen LogP contribution in [0.4, 0.5) is 5.69 Å². The molecular weight excluding hydrogens is 424 g/mol. The number of benzene rings is 3. The highest BCUT2D eigenvalue weighted by atomic mass is 35.5. The van der Waals surface area contributed by atoms with Gasteiger partial charge in [-0.05, 0) is 42.0 Å². The number of nitro benzene ring substituents is 1. The van der Waals surface area contributed by atoms with Gasteiger partial charge in [0.15, 0.2) is 0 Å². The van der Waals surface area contributed by atoms with E-state index in [0.29, 0.717) is 0 Å². The second-order valence-corrected chi connectivity index (χ2v) is 6.61. The summed E-state index contributed by atoms with van der Waals surface area (Å²) in [4.78, 5) is 34.7. The predicted molar refractivity (Wildman–Crippen MR) is 114 cm³/mol. The smallest absolute Gasteiger partial charge is 0.352 e. The predicted octanol–water partition coefficient (Wildman–Crippen LogP) is 4.90. The Kier molecular flexibility index (Phi) is 6.64. The number of rotatable bonds is 7. The quantitative estimate of drug-likeness (QED) is 0.308. The molecule has 0 saturated carbocycles. The SMILES string of the molecule is O=C(O)/C(=C/c1ccc(Oc2ccccc2Cl)c([N+](=O)[O-])c1)NC(=O)c1ccccc1. The van der Waals surface area contributed by atoms with Crippen LogP contribution in [0.3, 0.4) is 0 Å². The first-order chi connectivity index (χ1) is 14.8. The molecule has 31 heavy (non-hydrogen) atoms. The fourth-order valence-electron chi connectivity index (χ4n) is 2.60. The topological polar surface area (TPSA) is 119 Å². The van der Waals surface area contributed by atoms with Crippen molar-refractivity contribution in [1.82, 2.24) is 5.32 Å². The lowest BCUT2D eigenvalue weighted by Gasteiger charge is -2.09. The number of halogens is 1. The minimum atomic E-state index is -1.40. The Morgan fingerprint density at radius 3 is 2.32 bits per heavy atom. The van der Waals surface area contributed by atoms with Crippen molar-refractivity contribution in [1.29, 1.82) is 0 Å². The maximum Gasteiger partial charge on any atom is 0.352 e. The van der Waals surface area contributed by atoms with Gasteiger partial charge in [0.2, 0.25) is 5.75 Å². The average Bonchev–Trinajstić information content (AvgIpc) is 2.76. The Balaban J connectivity index is 1.91. The van der Waals surface area contributed by atoms with Crippen LogP contribution >= 0.6 is 11.6 Å². The first-order valence-corrected chi connectivity index (χ1v) is 9.25. The lowest BCUT2D eigenvalue weighted by molar-refractivity contribution is -0.385. The van der Waals surface area contributed by atoms with Gasteiger partial charge in [-0.2, -0.15) is 0 Å². The number of para-hydroxylation sites is 1. The molecule has 156 valence electrons. The number of hydrogen-bond donors (Lipinski definition) is 2. The van der Waals surface area contributed by atoms with E-state index in [1.165, 1.54) is 24.3 Å². The van der Waals surface area contributed by atoms with Crippen LogP contribution in [-0.2, 0) is 4.79 Å². The van der Waals surface area contributed by atoms with Crippen LogP contribution in [0.2, 0.25) is 5.02 Å². The zero-order valence-electron chi connectivity index (χ0n) is 15.8. The number of carbonyl (C=O) groups is 2. The van der Waals surface area contributed by atoms with Crippen LogP contribution in [-0.4, -0.2) is 21.9 Å². The lowest BCUT2D eigenvalue weighted by atomic mass is 10.1. The summed E-state index contributed by atoms with van der Waals surface area (Å²) in [5.41, 5.74) is -0.385. The van der Waals surface area contributed by atoms with Gasteiger partial charge in [-0.1, -0.05) is 48.0 Å². The molecular formula is C22H15ClN2O6. The molecule has 2 N–H and O–H groups in total. The van der Waals surface area contributed by atoms with E-state index in [1.807, 2.05) is 0 Å². The van der Waals surface area contributed by atoms with Crippen molar-refractivity contribution in [2.75, 3.05) is 0 Å². The second-order valence-electron chi connectivity index (χ2n) is 6.20. The molecule has 3 aromatic carbocycles. The number of nitrogens with zero attached hydrogens (tertiary/aromatic N) is 1. The van der Waals surface area contributed by atoms with Crippen LogP contribution in [0, 0.1) is 10.1 Å². The molecule has 0 heterocycles. The average molecular weight is 439 g/mol. The van der Waals surface area contributed by atoms with Crippen LogP contribution < -0.4 is 10.1 Å². The first-order valence-electron chi connectivity index (χ1n) is 8.87. The number of carbonyl (C=O) groups excluding carboxylic acids is 1. The number of hydrogen-bond acceptors (Lipinski definition) is 5. The first kappa shape index (κ1) is 21.5. The normalized spacial score (nSPS) is 10.9. The lowest BCUT2D eigenvalue weighted by Crippen LogP contribution is -2.27. The van der Waals surface area contributed by atoms with Crippen molar-refractivity contribution in [3.8, 4) is 11.5 Å². The van der Waals surface area contributed by atoms with Crippen LogP contribution in [0.5, 0.6) is 11.5 Å². The van der Waals surface area contributed by atoms with Gasteiger partial charge in [0.1, 0.15) is 11.4 Å². The number of nitrogens with one attached hydrogen (secondary N) is 1. The summed E-state index contributed by atoms with van der Waals surface area (Å²) in [5.74, 6) is -1.86. The highest BCUT2D eigenvalue weighted by Crippen LogP contribution is 2.35. The Morgan fingerprint density at radius 2 is 1.68 bits per heavy atom. The summed E-state index contributed by atoms with van der Waals surface area (Å²) >= 11 is 6.03. The third-order valence-electron chi connectivity index (χ3n) is 4.06. The minimum Gasteiger partial charge on any atom is -0.477 e. The summed E-state index contributed by atoms with van der Waals surface area (Å²) in [5, 5.41) is 23.5. The van der Waals surface area contributed by atoms with Gasteiger partial charge in [0, 0.05) is 11.6 Å².